The summed E-state index contributed by atoms with van der Waals surface area (Å²) in [5.41, 5.74) is 0.225. The molecule has 0 unspecified atom stereocenters. The molecule has 2 aromatic rings. The molecule has 7 nitrogen and oxygen atoms in total. The summed E-state index contributed by atoms with van der Waals surface area (Å²) >= 11 is 0. The summed E-state index contributed by atoms with van der Waals surface area (Å²) in [5, 5.41) is 0. The fourth-order valence-electron chi connectivity index (χ4n) is 2.86. The number of nitrogens with zero attached hydrogens (tertiary/aromatic N) is 4. The Labute approximate surface area is 146 Å². The molecule has 1 aliphatic heterocycles. The highest BCUT2D eigenvalue weighted by Gasteiger charge is 2.29. The molecule has 1 atom stereocenters. The summed E-state index contributed by atoms with van der Waals surface area (Å²) < 4.78 is 7.51. The second-order valence-corrected chi connectivity index (χ2v) is 6.36. The average molecular weight is 342 g/mol. The zero-order valence-corrected chi connectivity index (χ0v) is 14.7. The van der Waals surface area contributed by atoms with Crippen molar-refractivity contribution < 1.29 is 9.53 Å². The van der Waals surface area contributed by atoms with Crippen molar-refractivity contribution in [2.24, 2.45) is 7.05 Å². The first-order valence-corrected chi connectivity index (χ1v) is 8.20. The van der Waals surface area contributed by atoms with Crippen LogP contribution in [0.15, 0.2) is 41.5 Å². The van der Waals surface area contributed by atoms with Crippen molar-refractivity contribution in [3.63, 3.8) is 0 Å². The monoisotopic (exact) mass is 342 g/mol. The maximum atomic E-state index is 12.6. The topological polar surface area (TPSA) is 67.7 Å². The Hall–Kier alpha value is -2.83. The van der Waals surface area contributed by atoms with Crippen LogP contribution in [-0.2, 0) is 7.05 Å². The standard InChI is InChI=1S/C18H22N4O3/c1-20(2)17-15(5-4-8-19-17)25-14-7-10-22(12-14)18(24)13-6-9-21(3)16(23)11-13/h4-6,8-9,11,14H,7,10,12H2,1-3H3/t14-/m1/s1. The van der Waals surface area contributed by atoms with Gasteiger partial charge in [-0.3, -0.25) is 9.59 Å². The van der Waals surface area contributed by atoms with E-state index in [-0.39, 0.29) is 17.6 Å². The van der Waals surface area contributed by atoms with Gasteiger partial charge < -0.3 is 19.1 Å². The molecule has 0 aliphatic carbocycles. The highest BCUT2D eigenvalue weighted by atomic mass is 16.5. The molecule has 0 saturated carbocycles. The lowest BCUT2D eigenvalue weighted by Crippen LogP contribution is -2.32. The van der Waals surface area contributed by atoms with Gasteiger partial charge in [0, 0.05) is 58.1 Å². The normalized spacial score (nSPS) is 16.8. The number of likely N-dealkylation sites (tertiary alicyclic amines) is 1. The minimum Gasteiger partial charge on any atom is -0.485 e. The summed E-state index contributed by atoms with van der Waals surface area (Å²) in [4.78, 5) is 32.3. The molecule has 25 heavy (non-hydrogen) atoms. The molecule has 0 spiro atoms. The van der Waals surface area contributed by atoms with E-state index in [2.05, 4.69) is 4.98 Å². The van der Waals surface area contributed by atoms with Crippen molar-refractivity contribution in [1.82, 2.24) is 14.5 Å². The van der Waals surface area contributed by atoms with Gasteiger partial charge in [-0.05, 0) is 18.2 Å². The van der Waals surface area contributed by atoms with Crippen molar-refractivity contribution in [2.45, 2.75) is 12.5 Å². The van der Waals surface area contributed by atoms with Gasteiger partial charge in [-0.15, -0.1) is 0 Å². The van der Waals surface area contributed by atoms with Gasteiger partial charge in [-0.25, -0.2) is 4.98 Å². The fraction of sp³-hybridized carbons (Fsp3) is 0.389. The van der Waals surface area contributed by atoms with Gasteiger partial charge >= 0.3 is 0 Å². The summed E-state index contributed by atoms with van der Waals surface area (Å²) in [5.74, 6) is 1.34. The number of ether oxygens (including phenoxy) is 1. The van der Waals surface area contributed by atoms with Crippen LogP contribution in [0.3, 0.4) is 0 Å². The number of carbonyl (C=O) groups is 1. The highest BCUT2D eigenvalue weighted by molar-refractivity contribution is 5.94. The Kier molecular flexibility index (Phi) is 4.74. The third kappa shape index (κ3) is 3.65. The van der Waals surface area contributed by atoms with Gasteiger partial charge in [-0.2, -0.15) is 0 Å². The molecule has 1 aliphatic rings. The Bertz CT molecular complexity index is 831. The lowest BCUT2D eigenvalue weighted by molar-refractivity contribution is 0.0772. The molecule has 3 rings (SSSR count). The van der Waals surface area contributed by atoms with Crippen LogP contribution in [0.1, 0.15) is 16.8 Å². The smallest absolute Gasteiger partial charge is 0.254 e. The largest absolute Gasteiger partial charge is 0.485 e. The van der Waals surface area contributed by atoms with E-state index in [0.717, 1.165) is 12.2 Å². The average Bonchev–Trinajstić information content (AvgIpc) is 3.05. The molecule has 0 aromatic carbocycles. The maximum Gasteiger partial charge on any atom is 0.254 e. The van der Waals surface area contributed by atoms with Crippen LogP contribution in [0, 0.1) is 0 Å². The van der Waals surface area contributed by atoms with Crippen molar-refractivity contribution in [3.05, 3.63) is 52.6 Å². The zero-order valence-electron chi connectivity index (χ0n) is 14.7. The number of hydrogen-bond donors (Lipinski definition) is 0. The van der Waals surface area contributed by atoms with E-state index < -0.39 is 0 Å². The molecule has 0 radical (unpaired) electrons. The van der Waals surface area contributed by atoms with Crippen molar-refractivity contribution in [2.75, 3.05) is 32.1 Å². The molecule has 132 valence electrons. The molecule has 0 N–H and O–H groups in total. The zero-order chi connectivity index (χ0) is 18.0. The first-order valence-electron chi connectivity index (χ1n) is 8.20. The number of pyridine rings is 2. The van der Waals surface area contributed by atoms with Gasteiger partial charge in [0.15, 0.2) is 11.6 Å². The molecule has 1 saturated heterocycles. The summed E-state index contributed by atoms with van der Waals surface area (Å²) in [6, 6.07) is 6.76. The SMILES string of the molecule is CN(C)c1ncccc1O[C@@H]1CCN(C(=O)c2ccn(C)c(=O)c2)C1. The Morgan fingerprint density at radius 1 is 1.36 bits per heavy atom. The minimum atomic E-state index is -0.191. The predicted octanol–water partition coefficient (Wildman–Crippen LogP) is 1.14. The fourth-order valence-corrected chi connectivity index (χ4v) is 2.86. The van der Waals surface area contributed by atoms with Gasteiger partial charge in [0.1, 0.15) is 6.10 Å². The van der Waals surface area contributed by atoms with Crippen LogP contribution < -0.4 is 15.2 Å². The van der Waals surface area contributed by atoms with Crippen molar-refractivity contribution in [1.29, 1.82) is 0 Å². The number of anilines is 1. The number of aryl methyl sites for hydroxylation is 1. The lowest BCUT2D eigenvalue weighted by Gasteiger charge is -2.20. The molecular formula is C18H22N4O3. The summed E-state index contributed by atoms with van der Waals surface area (Å²) in [6.07, 6.45) is 4.00. The number of aromatic nitrogens is 2. The Morgan fingerprint density at radius 3 is 2.88 bits per heavy atom. The first kappa shape index (κ1) is 17.0. The van der Waals surface area contributed by atoms with Crippen molar-refractivity contribution in [3.8, 4) is 5.75 Å². The summed E-state index contributed by atoms with van der Waals surface area (Å²) in [6.45, 7) is 1.10. The second kappa shape index (κ2) is 6.96. The molecule has 7 heteroatoms. The van der Waals surface area contributed by atoms with Crippen LogP contribution in [0.4, 0.5) is 5.82 Å². The van der Waals surface area contributed by atoms with Crippen LogP contribution in [-0.4, -0.2) is 53.6 Å². The maximum absolute atomic E-state index is 12.6. The molecule has 3 heterocycles. The van der Waals surface area contributed by atoms with E-state index in [1.807, 2.05) is 31.1 Å². The van der Waals surface area contributed by atoms with Crippen LogP contribution >= 0.6 is 0 Å². The number of carbonyl (C=O) groups excluding carboxylic acids is 1. The molecule has 2 aromatic heterocycles. The molecule has 1 fully saturated rings. The van der Waals surface area contributed by atoms with E-state index in [4.69, 9.17) is 4.74 Å². The van der Waals surface area contributed by atoms with E-state index in [1.165, 1.54) is 10.6 Å². The molecular weight excluding hydrogens is 320 g/mol. The molecule has 1 amide bonds. The molecule has 0 bridgehead atoms. The van der Waals surface area contributed by atoms with E-state index in [0.29, 0.717) is 24.4 Å². The minimum absolute atomic E-state index is 0.0848. The third-order valence-corrected chi connectivity index (χ3v) is 4.25. The van der Waals surface area contributed by atoms with Gasteiger partial charge in [0.05, 0.1) is 6.54 Å². The van der Waals surface area contributed by atoms with E-state index in [1.54, 1.807) is 30.4 Å². The predicted molar refractivity (Wildman–Crippen MR) is 95.2 cm³/mol. The van der Waals surface area contributed by atoms with E-state index >= 15 is 0 Å². The van der Waals surface area contributed by atoms with E-state index in [9.17, 15) is 9.59 Å². The van der Waals surface area contributed by atoms with Crippen LogP contribution in [0.25, 0.3) is 0 Å². The quantitative estimate of drug-likeness (QED) is 0.833. The second-order valence-electron chi connectivity index (χ2n) is 6.36. The highest BCUT2D eigenvalue weighted by Crippen LogP contribution is 2.27. The van der Waals surface area contributed by atoms with Gasteiger partial charge in [-0.1, -0.05) is 0 Å². The first-order chi connectivity index (χ1) is 12.0. The Balaban J connectivity index is 1.68. The summed E-state index contributed by atoms with van der Waals surface area (Å²) in [7, 11) is 5.48. The number of hydrogen-bond acceptors (Lipinski definition) is 5. The third-order valence-electron chi connectivity index (χ3n) is 4.25. The lowest BCUT2D eigenvalue weighted by atomic mass is 10.2. The Morgan fingerprint density at radius 2 is 2.16 bits per heavy atom. The number of rotatable bonds is 4. The van der Waals surface area contributed by atoms with Gasteiger partial charge in [0.2, 0.25) is 0 Å². The van der Waals surface area contributed by atoms with Gasteiger partial charge in [0.25, 0.3) is 11.5 Å². The van der Waals surface area contributed by atoms with Crippen molar-refractivity contribution >= 4 is 11.7 Å². The van der Waals surface area contributed by atoms with Crippen LogP contribution in [0.5, 0.6) is 5.75 Å². The number of amides is 1. The van der Waals surface area contributed by atoms with Crippen LogP contribution in [0.2, 0.25) is 0 Å².